The van der Waals surface area contributed by atoms with Crippen molar-refractivity contribution in [3.8, 4) is 11.3 Å². The Morgan fingerprint density at radius 3 is 2.69 bits per heavy atom. The fraction of sp³-hybridized carbons (Fsp3) is 0.400. The predicted octanol–water partition coefficient (Wildman–Crippen LogP) is 1.62. The van der Waals surface area contributed by atoms with Crippen LogP contribution in [0.5, 0.6) is 0 Å². The standard InChI is InChI=1S/C20H26N4O2/c1-23-17(15-6-3-2-4-7-15)9-10-18(23)20(26)22-11-13-24-12-5-8-16(14-24)19(21)25/h2-4,6-7,9-10,16H,5,8,11-14H2,1H3,(H2,21,25)(H,22,26)/t16-/m1/s1. The van der Waals surface area contributed by atoms with E-state index in [2.05, 4.69) is 10.2 Å². The topological polar surface area (TPSA) is 80.4 Å². The molecule has 1 aromatic carbocycles. The number of likely N-dealkylation sites (tertiary alicyclic amines) is 1. The SMILES string of the molecule is Cn1c(C(=O)NCCN2CCC[C@@H](C(N)=O)C2)ccc1-c1ccccc1. The van der Waals surface area contributed by atoms with Gasteiger partial charge in [0.25, 0.3) is 5.91 Å². The van der Waals surface area contributed by atoms with Crippen LogP contribution in [0.4, 0.5) is 0 Å². The molecular weight excluding hydrogens is 328 g/mol. The molecule has 3 rings (SSSR count). The Hall–Kier alpha value is -2.60. The highest BCUT2D eigenvalue weighted by molar-refractivity contribution is 5.93. The second-order valence-corrected chi connectivity index (χ2v) is 6.83. The summed E-state index contributed by atoms with van der Waals surface area (Å²) in [5, 5.41) is 2.98. The Bertz CT molecular complexity index is 769. The number of aromatic nitrogens is 1. The average molecular weight is 354 g/mol. The summed E-state index contributed by atoms with van der Waals surface area (Å²) in [7, 11) is 1.90. The first-order chi connectivity index (χ1) is 12.6. The number of carbonyl (C=O) groups is 2. The van der Waals surface area contributed by atoms with Gasteiger partial charge in [-0.3, -0.25) is 9.59 Å². The minimum Gasteiger partial charge on any atom is -0.369 e. The summed E-state index contributed by atoms with van der Waals surface area (Å²) in [5.74, 6) is -0.380. The molecule has 0 spiro atoms. The number of rotatable bonds is 6. The molecule has 1 fully saturated rings. The second-order valence-electron chi connectivity index (χ2n) is 6.83. The molecule has 6 heteroatoms. The minimum absolute atomic E-state index is 0.0687. The van der Waals surface area contributed by atoms with Crippen LogP contribution in [0.15, 0.2) is 42.5 Å². The quantitative estimate of drug-likeness (QED) is 0.827. The first-order valence-electron chi connectivity index (χ1n) is 9.07. The van der Waals surface area contributed by atoms with Gasteiger partial charge >= 0.3 is 0 Å². The van der Waals surface area contributed by atoms with Crippen LogP contribution in [-0.2, 0) is 11.8 Å². The molecule has 1 atom stereocenters. The molecule has 1 aliphatic rings. The number of hydrogen-bond donors (Lipinski definition) is 2. The maximum atomic E-state index is 12.5. The van der Waals surface area contributed by atoms with E-state index in [9.17, 15) is 9.59 Å². The van der Waals surface area contributed by atoms with Gasteiger partial charge in [-0.2, -0.15) is 0 Å². The molecule has 3 N–H and O–H groups in total. The molecule has 26 heavy (non-hydrogen) atoms. The summed E-state index contributed by atoms with van der Waals surface area (Å²) in [4.78, 5) is 26.0. The Balaban J connectivity index is 1.54. The summed E-state index contributed by atoms with van der Waals surface area (Å²) in [6.07, 6.45) is 1.84. The molecule has 6 nitrogen and oxygen atoms in total. The van der Waals surface area contributed by atoms with Gasteiger partial charge in [-0.15, -0.1) is 0 Å². The van der Waals surface area contributed by atoms with E-state index in [-0.39, 0.29) is 17.7 Å². The molecule has 2 aromatic rings. The number of piperidine rings is 1. The molecule has 0 radical (unpaired) electrons. The van der Waals surface area contributed by atoms with Gasteiger partial charge in [0.2, 0.25) is 5.91 Å². The number of hydrogen-bond acceptors (Lipinski definition) is 3. The van der Waals surface area contributed by atoms with Gasteiger partial charge in [0.05, 0.1) is 5.92 Å². The Labute approximate surface area is 154 Å². The molecule has 138 valence electrons. The van der Waals surface area contributed by atoms with E-state index in [4.69, 9.17) is 5.73 Å². The van der Waals surface area contributed by atoms with Crippen LogP contribution in [0.25, 0.3) is 11.3 Å². The monoisotopic (exact) mass is 354 g/mol. The Kier molecular flexibility index (Phi) is 5.73. The number of amides is 2. The normalized spacial score (nSPS) is 17.8. The number of nitrogens with one attached hydrogen (secondary N) is 1. The maximum absolute atomic E-state index is 12.5. The number of nitrogens with two attached hydrogens (primary N) is 1. The van der Waals surface area contributed by atoms with Gasteiger partial charge in [-0.25, -0.2) is 0 Å². The summed E-state index contributed by atoms with van der Waals surface area (Å²) >= 11 is 0. The third-order valence-electron chi connectivity index (χ3n) is 5.05. The van der Waals surface area contributed by atoms with Crippen LogP contribution >= 0.6 is 0 Å². The van der Waals surface area contributed by atoms with Crippen molar-refractivity contribution in [2.75, 3.05) is 26.2 Å². The van der Waals surface area contributed by atoms with Gasteiger partial charge in [-0.05, 0) is 37.1 Å². The fourth-order valence-electron chi connectivity index (χ4n) is 3.55. The van der Waals surface area contributed by atoms with Crippen molar-refractivity contribution in [2.45, 2.75) is 12.8 Å². The van der Waals surface area contributed by atoms with E-state index in [1.54, 1.807) is 0 Å². The molecule has 2 amide bonds. The predicted molar refractivity (Wildman–Crippen MR) is 102 cm³/mol. The van der Waals surface area contributed by atoms with Gasteiger partial charge in [0, 0.05) is 32.4 Å². The lowest BCUT2D eigenvalue weighted by atomic mass is 9.97. The van der Waals surface area contributed by atoms with E-state index in [1.165, 1.54) is 0 Å². The Morgan fingerprint density at radius 2 is 1.96 bits per heavy atom. The van der Waals surface area contributed by atoms with Crippen LogP contribution in [0, 0.1) is 5.92 Å². The van der Waals surface area contributed by atoms with Gasteiger partial charge in [0.1, 0.15) is 5.69 Å². The van der Waals surface area contributed by atoms with Crippen LogP contribution < -0.4 is 11.1 Å². The van der Waals surface area contributed by atoms with Crippen LogP contribution in [-0.4, -0.2) is 47.5 Å². The molecule has 0 bridgehead atoms. The van der Waals surface area contributed by atoms with E-state index in [0.29, 0.717) is 18.8 Å². The van der Waals surface area contributed by atoms with E-state index < -0.39 is 0 Å². The van der Waals surface area contributed by atoms with Crippen molar-refractivity contribution >= 4 is 11.8 Å². The number of carbonyl (C=O) groups excluding carboxylic acids is 2. The average Bonchev–Trinajstić information content (AvgIpc) is 3.04. The van der Waals surface area contributed by atoms with Crippen LogP contribution in [0.2, 0.25) is 0 Å². The molecule has 0 saturated carbocycles. The summed E-state index contributed by atoms with van der Waals surface area (Å²) in [6.45, 7) is 2.91. The van der Waals surface area contributed by atoms with E-state index in [0.717, 1.165) is 37.2 Å². The highest BCUT2D eigenvalue weighted by atomic mass is 16.2. The van der Waals surface area contributed by atoms with Crippen molar-refractivity contribution in [3.05, 3.63) is 48.2 Å². The number of nitrogens with zero attached hydrogens (tertiary/aromatic N) is 2. The third-order valence-corrected chi connectivity index (χ3v) is 5.05. The molecule has 0 aliphatic carbocycles. The number of primary amides is 1. The second kappa shape index (κ2) is 8.19. The Morgan fingerprint density at radius 1 is 1.19 bits per heavy atom. The molecule has 1 aliphatic heterocycles. The number of benzene rings is 1. The van der Waals surface area contributed by atoms with E-state index in [1.807, 2.05) is 54.1 Å². The third kappa shape index (κ3) is 4.14. The van der Waals surface area contributed by atoms with E-state index >= 15 is 0 Å². The highest BCUT2D eigenvalue weighted by Crippen LogP contribution is 2.21. The molecular formula is C20H26N4O2. The van der Waals surface area contributed by atoms with Crippen LogP contribution in [0.3, 0.4) is 0 Å². The van der Waals surface area contributed by atoms with Crippen molar-refractivity contribution in [2.24, 2.45) is 18.7 Å². The first-order valence-corrected chi connectivity index (χ1v) is 9.07. The molecule has 0 unspecified atom stereocenters. The van der Waals surface area contributed by atoms with Crippen molar-refractivity contribution < 1.29 is 9.59 Å². The first kappa shape index (κ1) is 18.2. The smallest absolute Gasteiger partial charge is 0.267 e. The fourth-order valence-corrected chi connectivity index (χ4v) is 3.55. The summed E-state index contributed by atoms with van der Waals surface area (Å²) in [5.41, 5.74) is 8.14. The van der Waals surface area contributed by atoms with Gasteiger partial charge < -0.3 is 20.5 Å². The van der Waals surface area contributed by atoms with Gasteiger partial charge in [0.15, 0.2) is 0 Å². The lowest BCUT2D eigenvalue weighted by Crippen LogP contribution is -2.44. The van der Waals surface area contributed by atoms with Crippen LogP contribution in [0.1, 0.15) is 23.3 Å². The summed E-state index contributed by atoms with van der Waals surface area (Å²) in [6, 6.07) is 13.8. The molecule has 2 heterocycles. The highest BCUT2D eigenvalue weighted by Gasteiger charge is 2.23. The molecule has 1 saturated heterocycles. The zero-order chi connectivity index (χ0) is 18.5. The van der Waals surface area contributed by atoms with Gasteiger partial charge in [-0.1, -0.05) is 30.3 Å². The minimum atomic E-state index is -0.226. The zero-order valence-corrected chi connectivity index (χ0v) is 15.1. The van der Waals surface area contributed by atoms with Crippen molar-refractivity contribution in [1.29, 1.82) is 0 Å². The lowest BCUT2D eigenvalue weighted by molar-refractivity contribution is -0.123. The molecule has 1 aromatic heterocycles. The van der Waals surface area contributed by atoms with Crippen molar-refractivity contribution in [3.63, 3.8) is 0 Å². The largest absolute Gasteiger partial charge is 0.369 e. The zero-order valence-electron chi connectivity index (χ0n) is 15.1. The van der Waals surface area contributed by atoms with Crippen molar-refractivity contribution in [1.82, 2.24) is 14.8 Å². The maximum Gasteiger partial charge on any atom is 0.267 e. The summed E-state index contributed by atoms with van der Waals surface area (Å²) < 4.78 is 1.91. The lowest BCUT2D eigenvalue weighted by Gasteiger charge is -2.31.